The molecule has 5 rings (SSSR count). The molecule has 1 heterocycles. The van der Waals surface area contributed by atoms with Gasteiger partial charge in [0.15, 0.2) is 5.78 Å². The number of allylic oxidation sites excluding steroid dienone is 2. The third kappa shape index (κ3) is 10.1. The van der Waals surface area contributed by atoms with Crippen molar-refractivity contribution in [1.29, 1.82) is 0 Å². The number of pyridine rings is 1. The van der Waals surface area contributed by atoms with Gasteiger partial charge in [0, 0.05) is 49.9 Å². The third-order valence-electron chi connectivity index (χ3n) is 11.1. The zero-order chi connectivity index (χ0) is 36.9. The number of fused-ring (bicyclic) bond motifs is 2. The summed E-state index contributed by atoms with van der Waals surface area (Å²) in [6, 6.07) is 26.1. The summed E-state index contributed by atoms with van der Waals surface area (Å²) in [5.74, 6) is 0.547. The van der Waals surface area contributed by atoms with Crippen molar-refractivity contribution in [2.24, 2.45) is 11.8 Å². The van der Waals surface area contributed by atoms with Gasteiger partial charge in [-0.05, 0) is 83.1 Å². The summed E-state index contributed by atoms with van der Waals surface area (Å²) in [4.78, 5) is 16.5. The molecule has 0 bridgehead atoms. The van der Waals surface area contributed by atoms with Gasteiger partial charge in [0.05, 0.1) is 5.76 Å². The van der Waals surface area contributed by atoms with E-state index in [9.17, 15) is 9.90 Å². The average molecular weight is 865 g/mol. The number of hydrogen-bond acceptors (Lipinski definition) is 3. The first-order valence-corrected chi connectivity index (χ1v) is 19.1. The number of carbonyl (C=O) groups is 1. The number of ketones is 1. The molecule has 0 atom stereocenters. The molecule has 0 spiro atoms. The van der Waals surface area contributed by atoms with Gasteiger partial charge in [-0.1, -0.05) is 136 Å². The molecule has 3 nitrogen and oxygen atoms in total. The van der Waals surface area contributed by atoms with Crippen molar-refractivity contribution < 1.29 is 30.0 Å². The van der Waals surface area contributed by atoms with E-state index in [0.717, 1.165) is 42.3 Å². The summed E-state index contributed by atoms with van der Waals surface area (Å²) in [7, 11) is 0. The van der Waals surface area contributed by atoms with Crippen LogP contribution in [0.2, 0.25) is 0 Å². The van der Waals surface area contributed by atoms with Crippen LogP contribution in [0, 0.1) is 17.9 Å². The van der Waals surface area contributed by atoms with Gasteiger partial charge >= 0.3 is 0 Å². The Kier molecular flexibility index (Phi) is 14.6. The standard InChI is InChI=1S/C34H38N.C13H24O2.Ir/c1-32(2,3)29-21-26(19-25-11-8-9-12-27(25)29)31-22-24(15-18-35-31)23-13-14-28-30(20-23)34(6,7)17-10-16-33(28,4)5;1-5-10(6-2)12(14)9-13(15)11(7-3)8-4;/h8-9,11-15,18,20-22H,10,16-17H2,1-7H3;9-11,14H,5-8H2,1-4H3;/q-1;;/b;12-9-;. The van der Waals surface area contributed by atoms with Gasteiger partial charge in [0.25, 0.3) is 0 Å². The molecule has 4 aromatic rings. The van der Waals surface area contributed by atoms with Crippen molar-refractivity contribution in [2.45, 2.75) is 137 Å². The number of benzene rings is 3. The van der Waals surface area contributed by atoms with Crippen LogP contribution in [0.1, 0.15) is 138 Å². The molecule has 0 unspecified atom stereocenters. The maximum absolute atomic E-state index is 11.7. The van der Waals surface area contributed by atoms with Crippen LogP contribution in [0.4, 0.5) is 0 Å². The maximum Gasteiger partial charge on any atom is 0.162 e. The topological polar surface area (TPSA) is 50.2 Å². The Balaban J connectivity index is 0.000000374. The van der Waals surface area contributed by atoms with E-state index in [4.69, 9.17) is 4.98 Å². The van der Waals surface area contributed by atoms with Gasteiger partial charge in [0.2, 0.25) is 0 Å². The molecule has 4 heteroatoms. The van der Waals surface area contributed by atoms with Crippen molar-refractivity contribution >= 4 is 16.6 Å². The van der Waals surface area contributed by atoms with Gasteiger partial charge in [-0.3, -0.25) is 9.78 Å². The third-order valence-corrected chi connectivity index (χ3v) is 11.1. The molecule has 1 radical (unpaired) electrons. The summed E-state index contributed by atoms with van der Waals surface area (Å²) in [5.41, 5.74) is 9.32. The molecule has 1 aliphatic carbocycles. The molecule has 0 aliphatic heterocycles. The summed E-state index contributed by atoms with van der Waals surface area (Å²) >= 11 is 0. The fourth-order valence-electron chi connectivity index (χ4n) is 7.64. The number of hydrogen-bond donors (Lipinski definition) is 1. The molecule has 0 saturated carbocycles. The van der Waals surface area contributed by atoms with Gasteiger partial charge < -0.3 is 5.11 Å². The average Bonchev–Trinajstić information content (AvgIpc) is 3.17. The van der Waals surface area contributed by atoms with E-state index in [2.05, 4.69) is 115 Å². The molecule has 1 aliphatic rings. The molecule has 0 fully saturated rings. The molecule has 3 aromatic carbocycles. The van der Waals surface area contributed by atoms with Crippen LogP contribution in [-0.4, -0.2) is 15.9 Å². The predicted octanol–water partition coefficient (Wildman–Crippen LogP) is 13.3. The van der Waals surface area contributed by atoms with Crippen molar-refractivity contribution in [3.05, 3.63) is 101 Å². The zero-order valence-corrected chi connectivity index (χ0v) is 35.6. The Bertz CT molecular complexity index is 1800. The molecular formula is C47H62IrNO2-. The molecule has 0 saturated heterocycles. The predicted molar refractivity (Wildman–Crippen MR) is 214 cm³/mol. The number of aromatic nitrogens is 1. The number of rotatable bonds is 9. The number of carbonyl (C=O) groups excluding carboxylic acids is 1. The quantitative estimate of drug-likeness (QED) is 0.0789. The Morgan fingerprint density at radius 2 is 1.41 bits per heavy atom. The maximum atomic E-state index is 11.7. The molecule has 51 heavy (non-hydrogen) atoms. The Morgan fingerprint density at radius 3 is 2.02 bits per heavy atom. The van der Waals surface area contributed by atoms with Crippen molar-refractivity contribution in [3.8, 4) is 22.4 Å². The van der Waals surface area contributed by atoms with Gasteiger partial charge in [-0.25, -0.2) is 0 Å². The minimum atomic E-state index is 0. The van der Waals surface area contributed by atoms with Crippen LogP contribution in [-0.2, 0) is 41.1 Å². The second-order valence-corrected chi connectivity index (χ2v) is 16.7. The van der Waals surface area contributed by atoms with E-state index in [1.165, 1.54) is 58.5 Å². The van der Waals surface area contributed by atoms with Crippen molar-refractivity contribution in [3.63, 3.8) is 0 Å². The van der Waals surface area contributed by atoms with Crippen LogP contribution >= 0.6 is 0 Å². The number of aliphatic hydroxyl groups is 1. The van der Waals surface area contributed by atoms with E-state index in [1.807, 2.05) is 33.9 Å². The summed E-state index contributed by atoms with van der Waals surface area (Å²) in [6.45, 7) is 24.5. The summed E-state index contributed by atoms with van der Waals surface area (Å²) in [6.07, 6.45) is 10.6. The van der Waals surface area contributed by atoms with Crippen LogP contribution in [0.15, 0.2) is 78.7 Å². The van der Waals surface area contributed by atoms with Gasteiger partial charge in [-0.15, -0.1) is 29.1 Å². The summed E-state index contributed by atoms with van der Waals surface area (Å²) in [5, 5.41) is 12.2. The van der Waals surface area contributed by atoms with E-state index in [-0.39, 0.29) is 59.7 Å². The Hall–Kier alpha value is -3.07. The zero-order valence-electron chi connectivity index (χ0n) is 33.2. The molecular weight excluding hydrogens is 803 g/mol. The van der Waals surface area contributed by atoms with E-state index >= 15 is 0 Å². The molecule has 277 valence electrons. The first-order chi connectivity index (χ1) is 23.6. The minimum absolute atomic E-state index is 0. The van der Waals surface area contributed by atoms with E-state index < -0.39 is 0 Å². The Morgan fingerprint density at radius 1 is 0.824 bits per heavy atom. The monoisotopic (exact) mass is 865 g/mol. The SMILES string of the molecule is CC(C)(C)c1cc(-c2cc(-c3ccc4c(c3)C(C)(C)CCCC4(C)C)ccn2)[c-]c2ccccc12.CCC(CC)C(=O)/C=C(\O)C(CC)CC.[Ir]. The smallest absolute Gasteiger partial charge is 0.162 e. The first-order valence-electron chi connectivity index (χ1n) is 19.1. The minimum Gasteiger partial charge on any atom is -0.512 e. The molecule has 1 N–H and O–H groups in total. The Labute approximate surface area is 323 Å². The largest absolute Gasteiger partial charge is 0.512 e. The summed E-state index contributed by atoms with van der Waals surface area (Å²) < 4.78 is 0. The van der Waals surface area contributed by atoms with Gasteiger partial charge in [0.1, 0.15) is 0 Å². The molecule has 1 aromatic heterocycles. The van der Waals surface area contributed by atoms with Crippen LogP contribution < -0.4 is 0 Å². The first kappa shape index (κ1) is 42.3. The van der Waals surface area contributed by atoms with E-state index in [0.29, 0.717) is 0 Å². The molecule has 0 amide bonds. The van der Waals surface area contributed by atoms with Crippen LogP contribution in [0.25, 0.3) is 33.2 Å². The fraction of sp³-hybridized carbons (Fsp3) is 0.489. The van der Waals surface area contributed by atoms with Crippen LogP contribution in [0.3, 0.4) is 0 Å². The van der Waals surface area contributed by atoms with Crippen LogP contribution in [0.5, 0.6) is 0 Å². The van der Waals surface area contributed by atoms with Gasteiger partial charge in [-0.2, -0.15) is 0 Å². The normalized spacial score (nSPS) is 15.4. The van der Waals surface area contributed by atoms with E-state index in [1.54, 1.807) is 0 Å². The second-order valence-electron chi connectivity index (χ2n) is 16.7. The second kappa shape index (κ2) is 17.6. The fourth-order valence-corrected chi connectivity index (χ4v) is 7.64. The number of aliphatic hydroxyl groups excluding tert-OH is 1. The van der Waals surface area contributed by atoms with Crippen molar-refractivity contribution in [2.75, 3.05) is 0 Å². The van der Waals surface area contributed by atoms with Crippen molar-refractivity contribution in [1.82, 2.24) is 4.98 Å². The number of nitrogens with zero attached hydrogens (tertiary/aromatic N) is 1.